The van der Waals surface area contributed by atoms with Crippen LogP contribution >= 0.6 is 0 Å². The van der Waals surface area contributed by atoms with Crippen LogP contribution in [0.5, 0.6) is 0 Å². The van der Waals surface area contributed by atoms with Crippen molar-refractivity contribution in [1.82, 2.24) is 14.5 Å². The van der Waals surface area contributed by atoms with Crippen LogP contribution in [-0.4, -0.2) is 41.3 Å². The zero-order chi connectivity index (χ0) is 24.4. The van der Waals surface area contributed by atoms with E-state index >= 15 is 0 Å². The first-order chi connectivity index (χ1) is 16.4. The number of nitrogens with zero attached hydrogens (tertiary/aromatic N) is 4. The van der Waals surface area contributed by atoms with Crippen LogP contribution in [0.25, 0.3) is 11.4 Å². The number of hydrogen-bond acceptors (Lipinski definition) is 6. The molecule has 2 heterocycles. The second-order valence-electron chi connectivity index (χ2n) is 8.93. The molecule has 0 aliphatic heterocycles. The number of pyridine rings is 1. The molecule has 180 valence electrons. The summed E-state index contributed by atoms with van der Waals surface area (Å²) in [6.07, 6.45) is 3.28. The van der Waals surface area contributed by atoms with Gasteiger partial charge in [-0.2, -0.15) is 0 Å². The van der Waals surface area contributed by atoms with E-state index < -0.39 is 0 Å². The summed E-state index contributed by atoms with van der Waals surface area (Å²) in [5.74, 6) is 1.54. The molecule has 0 unspecified atom stereocenters. The van der Waals surface area contributed by atoms with Gasteiger partial charge in [0, 0.05) is 45.4 Å². The van der Waals surface area contributed by atoms with E-state index in [1.165, 1.54) is 11.1 Å². The van der Waals surface area contributed by atoms with Gasteiger partial charge in [0.1, 0.15) is 17.3 Å². The van der Waals surface area contributed by atoms with Gasteiger partial charge >= 0.3 is 0 Å². The van der Waals surface area contributed by atoms with E-state index in [4.69, 9.17) is 9.72 Å². The van der Waals surface area contributed by atoms with Crippen molar-refractivity contribution in [1.29, 1.82) is 0 Å². The SMILES string of the molecule is CCO[C@H]1Cc2ccccc2[C@H]1Nc1c(CC)nc(-c2cnc(N(C)C)cc2C)n(CC)c1=O. The van der Waals surface area contributed by atoms with E-state index in [9.17, 15) is 4.79 Å². The fourth-order valence-corrected chi connectivity index (χ4v) is 4.77. The van der Waals surface area contributed by atoms with Crippen LogP contribution in [0.15, 0.2) is 41.3 Å². The maximum Gasteiger partial charge on any atom is 0.277 e. The van der Waals surface area contributed by atoms with E-state index in [-0.39, 0.29) is 17.7 Å². The van der Waals surface area contributed by atoms with Gasteiger partial charge in [0.15, 0.2) is 0 Å². The molecule has 0 bridgehead atoms. The Morgan fingerprint density at radius 1 is 1.21 bits per heavy atom. The number of rotatable bonds is 8. The highest BCUT2D eigenvalue weighted by Crippen LogP contribution is 2.36. The van der Waals surface area contributed by atoms with Crippen molar-refractivity contribution in [2.75, 3.05) is 30.9 Å². The summed E-state index contributed by atoms with van der Waals surface area (Å²) in [6.45, 7) is 9.21. The number of nitrogens with one attached hydrogen (secondary N) is 1. The van der Waals surface area contributed by atoms with Crippen LogP contribution in [0.2, 0.25) is 0 Å². The van der Waals surface area contributed by atoms with Crippen LogP contribution in [0.3, 0.4) is 0 Å². The van der Waals surface area contributed by atoms with Crippen molar-refractivity contribution in [3.05, 3.63) is 69.3 Å². The highest BCUT2D eigenvalue weighted by molar-refractivity contribution is 5.64. The molecular formula is C27H35N5O2. The summed E-state index contributed by atoms with van der Waals surface area (Å²) in [4.78, 5) is 25.4. The van der Waals surface area contributed by atoms with Crippen LogP contribution in [-0.2, 0) is 24.1 Å². The van der Waals surface area contributed by atoms with Crippen LogP contribution in [0, 0.1) is 6.92 Å². The molecule has 0 saturated heterocycles. The zero-order valence-corrected chi connectivity index (χ0v) is 21.1. The molecule has 7 heteroatoms. The molecule has 1 aliphatic rings. The van der Waals surface area contributed by atoms with E-state index in [0.29, 0.717) is 31.1 Å². The summed E-state index contributed by atoms with van der Waals surface area (Å²) < 4.78 is 7.82. The van der Waals surface area contributed by atoms with Gasteiger partial charge in [0.05, 0.1) is 17.8 Å². The van der Waals surface area contributed by atoms with Crippen LogP contribution < -0.4 is 15.8 Å². The van der Waals surface area contributed by atoms with Gasteiger partial charge in [-0.05, 0) is 49.9 Å². The van der Waals surface area contributed by atoms with Crippen molar-refractivity contribution in [2.45, 2.75) is 59.2 Å². The first-order valence-electron chi connectivity index (χ1n) is 12.1. The van der Waals surface area contributed by atoms with E-state index in [1.807, 2.05) is 65.0 Å². The molecule has 2 aromatic heterocycles. The maximum absolute atomic E-state index is 13.8. The minimum absolute atomic E-state index is 0.0220. The first-order valence-corrected chi connectivity index (χ1v) is 12.1. The largest absolute Gasteiger partial charge is 0.376 e. The van der Waals surface area contributed by atoms with Gasteiger partial charge in [-0.25, -0.2) is 9.97 Å². The predicted octanol–water partition coefficient (Wildman–Crippen LogP) is 4.38. The zero-order valence-electron chi connectivity index (χ0n) is 21.1. The van der Waals surface area contributed by atoms with Crippen molar-refractivity contribution >= 4 is 11.5 Å². The predicted molar refractivity (Wildman–Crippen MR) is 138 cm³/mol. The van der Waals surface area contributed by atoms with Crippen LogP contribution in [0.4, 0.5) is 11.5 Å². The van der Waals surface area contributed by atoms with E-state index in [0.717, 1.165) is 29.1 Å². The molecule has 2 atom stereocenters. The molecule has 0 fully saturated rings. The van der Waals surface area contributed by atoms with Crippen molar-refractivity contribution in [3.63, 3.8) is 0 Å². The number of hydrogen-bond donors (Lipinski definition) is 1. The fraction of sp³-hybridized carbons (Fsp3) is 0.444. The minimum atomic E-state index is -0.0881. The number of fused-ring (bicyclic) bond motifs is 1. The summed E-state index contributed by atoms with van der Waals surface area (Å²) in [5, 5.41) is 3.57. The molecule has 3 aromatic rings. The normalized spacial score (nSPS) is 17.0. The summed E-state index contributed by atoms with van der Waals surface area (Å²) in [5.41, 5.74) is 5.64. The monoisotopic (exact) mass is 461 g/mol. The van der Waals surface area contributed by atoms with Crippen molar-refractivity contribution in [2.24, 2.45) is 0 Å². The third kappa shape index (κ3) is 4.32. The van der Waals surface area contributed by atoms with Gasteiger partial charge in [-0.3, -0.25) is 9.36 Å². The van der Waals surface area contributed by atoms with Gasteiger partial charge in [-0.15, -0.1) is 0 Å². The number of benzene rings is 1. The van der Waals surface area contributed by atoms with E-state index in [1.54, 1.807) is 4.57 Å². The topological polar surface area (TPSA) is 72.3 Å². The lowest BCUT2D eigenvalue weighted by Gasteiger charge is -2.25. The third-order valence-corrected chi connectivity index (χ3v) is 6.55. The Morgan fingerprint density at radius 3 is 2.62 bits per heavy atom. The highest BCUT2D eigenvalue weighted by Gasteiger charge is 2.34. The highest BCUT2D eigenvalue weighted by atomic mass is 16.5. The molecule has 1 N–H and O–H groups in total. The summed E-state index contributed by atoms with van der Waals surface area (Å²) >= 11 is 0. The third-order valence-electron chi connectivity index (χ3n) is 6.55. The van der Waals surface area contributed by atoms with Gasteiger partial charge in [0.25, 0.3) is 5.56 Å². The number of ether oxygens (including phenoxy) is 1. The number of aryl methyl sites for hydroxylation is 2. The Bertz CT molecular complexity index is 1230. The molecule has 4 rings (SSSR count). The Balaban J connectivity index is 1.81. The Hall–Kier alpha value is -3.19. The summed E-state index contributed by atoms with van der Waals surface area (Å²) in [7, 11) is 3.93. The van der Waals surface area contributed by atoms with Crippen molar-refractivity contribution < 1.29 is 4.74 Å². The van der Waals surface area contributed by atoms with Gasteiger partial charge in [0.2, 0.25) is 0 Å². The number of aromatic nitrogens is 3. The maximum atomic E-state index is 13.8. The quantitative estimate of drug-likeness (QED) is 0.537. The molecule has 1 aromatic carbocycles. The molecular weight excluding hydrogens is 426 g/mol. The molecule has 1 aliphatic carbocycles. The molecule has 0 spiro atoms. The lowest BCUT2D eigenvalue weighted by molar-refractivity contribution is 0.0574. The second-order valence-corrected chi connectivity index (χ2v) is 8.93. The lowest BCUT2D eigenvalue weighted by Crippen LogP contribution is -2.32. The summed E-state index contributed by atoms with van der Waals surface area (Å²) in [6, 6.07) is 10.3. The second kappa shape index (κ2) is 9.97. The lowest BCUT2D eigenvalue weighted by atomic mass is 10.1. The molecule has 0 amide bonds. The smallest absolute Gasteiger partial charge is 0.277 e. The first kappa shape index (κ1) is 24.0. The van der Waals surface area contributed by atoms with E-state index in [2.05, 4.69) is 28.5 Å². The molecule has 0 saturated carbocycles. The standard InChI is InChI=1S/C27H35N5O2/c1-7-21-25(30-24-19-13-11-10-12-18(19)15-22(24)34-9-3)27(33)32(8-2)26(29-21)20-16-28-23(31(5)6)14-17(20)4/h10-14,16,22,24,30H,7-9,15H2,1-6H3/t22-,24+/m0/s1. The number of anilines is 2. The Morgan fingerprint density at radius 2 is 1.97 bits per heavy atom. The van der Waals surface area contributed by atoms with Gasteiger partial charge < -0.3 is 15.0 Å². The average molecular weight is 462 g/mol. The Labute approximate surface area is 201 Å². The molecule has 7 nitrogen and oxygen atoms in total. The average Bonchev–Trinajstić information content (AvgIpc) is 3.17. The van der Waals surface area contributed by atoms with Crippen LogP contribution in [0.1, 0.15) is 49.2 Å². The fourth-order valence-electron chi connectivity index (χ4n) is 4.77. The van der Waals surface area contributed by atoms with Crippen molar-refractivity contribution in [3.8, 4) is 11.4 Å². The minimum Gasteiger partial charge on any atom is -0.376 e. The molecule has 0 radical (unpaired) electrons. The Kier molecular flexibility index (Phi) is 7.03. The molecule has 34 heavy (non-hydrogen) atoms. The van der Waals surface area contributed by atoms with Gasteiger partial charge in [-0.1, -0.05) is 31.2 Å².